The second-order valence-corrected chi connectivity index (χ2v) is 7.45. The zero-order chi connectivity index (χ0) is 22.3. The van der Waals surface area contributed by atoms with E-state index >= 15 is 0 Å². The van der Waals surface area contributed by atoms with Crippen molar-refractivity contribution in [1.82, 2.24) is 5.32 Å². The number of hydrogen-bond donors (Lipinski definition) is 4. The zero-order valence-corrected chi connectivity index (χ0v) is 17.8. The Morgan fingerprint density at radius 1 is 1.17 bits per heavy atom. The molecule has 10 heteroatoms. The van der Waals surface area contributed by atoms with Crippen LogP contribution in [0.15, 0.2) is 4.99 Å². The smallest absolute Gasteiger partial charge is 0.314 e. The van der Waals surface area contributed by atoms with Crippen LogP contribution in [0.4, 0.5) is 0 Å². The van der Waals surface area contributed by atoms with Gasteiger partial charge in [-0.15, -0.1) is 0 Å². The molecule has 0 aliphatic heterocycles. The number of nitrogens with zero attached hydrogens (tertiary/aromatic N) is 1. The maximum absolute atomic E-state index is 12.6. The van der Waals surface area contributed by atoms with Crippen molar-refractivity contribution >= 4 is 23.8 Å². The fourth-order valence-corrected chi connectivity index (χ4v) is 4.14. The normalized spacial score (nSPS) is 25.8. The summed E-state index contributed by atoms with van der Waals surface area (Å²) in [5, 5.41) is 13.9. The largest absolute Gasteiger partial charge is 0.426 e. The minimum atomic E-state index is -1.14. The maximum Gasteiger partial charge on any atom is 0.314 e. The summed E-state index contributed by atoms with van der Waals surface area (Å²) in [6.45, 7) is 8.00. The van der Waals surface area contributed by atoms with Gasteiger partial charge in [-0.25, -0.2) is 4.99 Å². The monoisotopic (exact) mass is 414 g/mol. The lowest BCUT2D eigenvalue weighted by molar-refractivity contribution is -0.188. The van der Waals surface area contributed by atoms with Crippen molar-refractivity contribution in [2.45, 2.75) is 78.4 Å². The van der Waals surface area contributed by atoms with Crippen LogP contribution in [0.1, 0.15) is 53.9 Å². The number of guanidine groups is 1. The highest BCUT2D eigenvalue weighted by molar-refractivity contribution is 5.77. The van der Waals surface area contributed by atoms with Crippen molar-refractivity contribution in [1.29, 1.82) is 0 Å². The van der Waals surface area contributed by atoms with E-state index < -0.39 is 48.3 Å². The number of carbonyl (C=O) groups excluding carboxylic acids is 3. The van der Waals surface area contributed by atoms with Crippen molar-refractivity contribution in [3.05, 3.63) is 0 Å². The Balaban J connectivity index is 3.18. The molecule has 6 atom stereocenters. The number of ether oxygens (including phenoxy) is 2. The minimum Gasteiger partial charge on any atom is -0.426 e. The van der Waals surface area contributed by atoms with Crippen LogP contribution < -0.4 is 16.8 Å². The third-order valence-electron chi connectivity index (χ3n) is 5.32. The van der Waals surface area contributed by atoms with Crippen LogP contribution >= 0.6 is 0 Å². The molecule has 0 spiro atoms. The van der Waals surface area contributed by atoms with E-state index in [2.05, 4.69) is 10.3 Å². The molecule has 1 fully saturated rings. The molecule has 0 radical (unpaired) electrons. The fourth-order valence-electron chi connectivity index (χ4n) is 4.14. The SMILES string of the molecule is CCC(CC)C(NC(C)=O)[C@@H]1[C@H](O)[C@@H](C(=O)OC(C)OC(C)=O)C[C@H]1N=C(N)N. The number of esters is 2. The molecule has 1 amide bonds. The van der Waals surface area contributed by atoms with Crippen LogP contribution in [0.2, 0.25) is 0 Å². The third-order valence-corrected chi connectivity index (χ3v) is 5.32. The summed E-state index contributed by atoms with van der Waals surface area (Å²) < 4.78 is 9.97. The summed E-state index contributed by atoms with van der Waals surface area (Å²) in [5.74, 6) is -3.15. The van der Waals surface area contributed by atoms with Crippen molar-refractivity contribution in [2.24, 2.45) is 34.2 Å². The highest BCUT2D eigenvalue weighted by Gasteiger charge is 2.51. The highest BCUT2D eigenvalue weighted by atomic mass is 16.7. The first-order valence-corrected chi connectivity index (χ1v) is 9.93. The summed E-state index contributed by atoms with van der Waals surface area (Å²) in [4.78, 5) is 39.7. The molecular formula is C19H34N4O6. The molecule has 0 aromatic heterocycles. The lowest BCUT2D eigenvalue weighted by Gasteiger charge is -2.35. The lowest BCUT2D eigenvalue weighted by Crippen LogP contribution is -2.51. The predicted molar refractivity (Wildman–Crippen MR) is 106 cm³/mol. The van der Waals surface area contributed by atoms with Gasteiger partial charge in [0.2, 0.25) is 12.2 Å². The van der Waals surface area contributed by atoms with Gasteiger partial charge >= 0.3 is 11.9 Å². The number of hydrogen-bond acceptors (Lipinski definition) is 7. The molecule has 1 aliphatic carbocycles. The molecule has 1 aliphatic rings. The standard InChI is InChI=1S/C19H34N4O6/c1-6-12(7-2)16(22-9(3)24)15-14(23-19(20)21)8-13(17(15)26)18(27)29-11(5)28-10(4)25/h11-17,26H,6-8H2,1-5H3,(H,22,24)(H4,20,21,23)/t11?,13-,14+,15+,16?,17+/m0/s1. The van der Waals surface area contributed by atoms with Gasteiger partial charge < -0.3 is 31.4 Å². The third kappa shape index (κ3) is 6.88. The number of aliphatic imine (C=N–C) groups is 1. The van der Waals surface area contributed by atoms with Gasteiger partial charge in [0.25, 0.3) is 0 Å². The Kier molecular flexibility index (Phi) is 9.35. The van der Waals surface area contributed by atoms with E-state index in [0.717, 1.165) is 12.8 Å². The topological polar surface area (TPSA) is 166 Å². The molecule has 1 rings (SSSR count). The van der Waals surface area contributed by atoms with Crippen LogP contribution in [-0.4, -0.2) is 53.4 Å². The van der Waals surface area contributed by atoms with Gasteiger partial charge in [0.15, 0.2) is 5.96 Å². The van der Waals surface area contributed by atoms with Gasteiger partial charge in [-0.1, -0.05) is 26.7 Å². The predicted octanol–water partition coefficient (Wildman–Crippen LogP) is 0.0186. The molecule has 166 valence electrons. The maximum atomic E-state index is 12.6. The van der Waals surface area contributed by atoms with Crippen molar-refractivity contribution in [3.63, 3.8) is 0 Å². The number of aliphatic hydroxyl groups is 1. The summed E-state index contributed by atoms with van der Waals surface area (Å²) in [6.07, 6.45) is -0.558. The fraction of sp³-hybridized carbons (Fsp3) is 0.789. The molecule has 0 aromatic carbocycles. The Morgan fingerprint density at radius 2 is 1.76 bits per heavy atom. The zero-order valence-electron chi connectivity index (χ0n) is 17.8. The number of rotatable bonds is 9. The molecule has 0 bridgehead atoms. The number of carbonyl (C=O) groups is 3. The number of amides is 1. The van der Waals surface area contributed by atoms with E-state index in [4.69, 9.17) is 20.9 Å². The summed E-state index contributed by atoms with van der Waals surface area (Å²) >= 11 is 0. The Hall–Kier alpha value is -2.36. The van der Waals surface area contributed by atoms with Crippen LogP contribution in [-0.2, 0) is 23.9 Å². The van der Waals surface area contributed by atoms with Gasteiger partial charge in [-0.2, -0.15) is 0 Å². The van der Waals surface area contributed by atoms with E-state index in [-0.39, 0.29) is 24.2 Å². The average Bonchev–Trinajstić information content (AvgIpc) is 2.89. The second kappa shape index (κ2) is 11.0. The molecule has 2 unspecified atom stereocenters. The van der Waals surface area contributed by atoms with Crippen LogP contribution in [0.5, 0.6) is 0 Å². The van der Waals surface area contributed by atoms with E-state index in [1.54, 1.807) is 0 Å². The lowest BCUT2D eigenvalue weighted by atomic mass is 9.80. The van der Waals surface area contributed by atoms with Gasteiger partial charge in [0, 0.05) is 32.7 Å². The molecular weight excluding hydrogens is 380 g/mol. The van der Waals surface area contributed by atoms with E-state index in [9.17, 15) is 19.5 Å². The first-order chi connectivity index (χ1) is 13.5. The van der Waals surface area contributed by atoms with Crippen molar-refractivity contribution in [3.8, 4) is 0 Å². The molecule has 10 nitrogen and oxygen atoms in total. The molecule has 0 aromatic rings. The molecule has 6 N–H and O–H groups in total. The molecule has 0 saturated heterocycles. The quantitative estimate of drug-likeness (QED) is 0.177. The summed E-state index contributed by atoms with van der Waals surface area (Å²) in [7, 11) is 0. The van der Waals surface area contributed by atoms with Gasteiger partial charge in [0.05, 0.1) is 18.1 Å². The van der Waals surface area contributed by atoms with Crippen molar-refractivity contribution in [2.75, 3.05) is 0 Å². The van der Waals surface area contributed by atoms with Crippen LogP contribution in [0.25, 0.3) is 0 Å². The number of aliphatic hydroxyl groups excluding tert-OH is 1. The average molecular weight is 415 g/mol. The highest BCUT2D eigenvalue weighted by Crippen LogP contribution is 2.40. The van der Waals surface area contributed by atoms with Crippen LogP contribution in [0.3, 0.4) is 0 Å². The summed E-state index contributed by atoms with van der Waals surface area (Å²) in [5.41, 5.74) is 11.1. The van der Waals surface area contributed by atoms with Gasteiger partial charge in [-0.05, 0) is 12.3 Å². The van der Waals surface area contributed by atoms with Crippen molar-refractivity contribution < 1.29 is 29.0 Å². The van der Waals surface area contributed by atoms with Gasteiger partial charge in [-0.3, -0.25) is 14.4 Å². The first-order valence-electron chi connectivity index (χ1n) is 9.93. The van der Waals surface area contributed by atoms with E-state index in [0.29, 0.717) is 0 Å². The van der Waals surface area contributed by atoms with E-state index in [1.165, 1.54) is 20.8 Å². The second-order valence-electron chi connectivity index (χ2n) is 7.45. The Morgan fingerprint density at radius 3 is 2.21 bits per heavy atom. The Labute approximate surface area is 171 Å². The number of nitrogens with two attached hydrogens (primary N) is 2. The van der Waals surface area contributed by atoms with Crippen LogP contribution in [0, 0.1) is 17.8 Å². The molecule has 1 saturated carbocycles. The molecule has 0 heterocycles. The minimum absolute atomic E-state index is 0.0602. The number of nitrogens with one attached hydrogen (secondary N) is 1. The first kappa shape index (κ1) is 24.7. The van der Waals surface area contributed by atoms with Gasteiger partial charge in [0.1, 0.15) is 0 Å². The molecule has 29 heavy (non-hydrogen) atoms. The van der Waals surface area contributed by atoms with E-state index in [1.807, 2.05) is 13.8 Å². The Bertz CT molecular complexity index is 618. The summed E-state index contributed by atoms with van der Waals surface area (Å²) in [6, 6.07) is -0.997.